The first-order chi connectivity index (χ1) is 5.52. The molecule has 0 radical (unpaired) electrons. The van der Waals surface area contributed by atoms with Crippen LogP contribution in [0.25, 0.3) is 0 Å². The molecule has 12 heavy (non-hydrogen) atoms. The van der Waals surface area contributed by atoms with E-state index in [4.69, 9.17) is 0 Å². The summed E-state index contributed by atoms with van der Waals surface area (Å²) >= 11 is 0. The topological polar surface area (TPSA) is 40.5 Å². The van der Waals surface area contributed by atoms with Gasteiger partial charge in [-0.15, -0.1) is 0 Å². The van der Waals surface area contributed by atoms with Crippen LogP contribution in [-0.2, 0) is 0 Å². The SMILES string of the molecule is CC1CC(O)=C(C(C)C)C(O)C1. The summed E-state index contributed by atoms with van der Waals surface area (Å²) in [5, 5.41) is 19.3. The standard InChI is InChI=1S/C10H18O2/c1-6(2)10-8(11)4-7(3)5-9(10)12/h6-8,11-12H,4-5H2,1-3H3. The van der Waals surface area contributed by atoms with Crippen molar-refractivity contribution in [3.8, 4) is 0 Å². The zero-order valence-corrected chi connectivity index (χ0v) is 8.04. The maximum absolute atomic E-state index is 9.66. The molecular weight excluding hydrogens is 152 g/mol. The van der Waals surface area contributed by atoms with Gasteiger partial charge in [0.05, 0.1) is 11.9 Å². The average Bonchev–Trinajstić information content (AvgIpc) is 1.82. The molecule has 0 bridgehead atoms. The van der Waals surface area contributed by atoms with E-state index in [1.807, 2.05) is 13.8 Å². The van der Waals surface area contributed by atoms with Crippen molar-refractivity contribution < 1.29 is 10.2 Å². The number of hydrogen-bond acceptors (Lipinski definition) is 2. The highest BCUT2D eigenvalue weighted by Crippen LogP contribution is 2.31. The molecule has 0 aromatic carbocycles. The minimum Gasteiger partial charge on any atom is -0.512 e. The molecule has 1 rings (SSSR count). The van der Waals surface area contributed by atoms with Crippen LogP contribution in [0, 0.1) is 11.8 Å². The second kappa shape index (κ2) is 3.48. The molecular formula is C10H18O2. The van der Waals surface area contributed by atoms with Gasteiger partial charge in [-0.1, -0.05) is 20.8 Å². The van der Waals surface area contributed by atoms with Gasteiger partial charge < -0.3 is 10.2 Å². The Labute approximate surface area is 73.9 Å². The van der Waals surface area contributed by atoms with E-state index in [-0.39, 0.29) is 5.92 Å². The van der Waals surface area contributed by atoms with Crippen molar-refractivity contribution in [1.29, 1.82) is 0 Å². The van der Waals surface area contributed by atoms with Crippen LogP contribution in [0.2, 0.25) is 0 Å². The lowest BCUT2D eigenvalue weighted by Crippen LogP contribution is -2.25. The first-order valence-electron chi connectivity index (χ1n) is 4.62. The molecule has 0 spiro atoms. The van der Waals surface area contributed by atoms with Gasteiger partial charge in [-0.2, -0.15) is 0 Å². The molecule has 2 nitrogen and oxygen atoms in total. The lowest BCUT2D eigenvalue weighted by atomic mass is 9.82. The first kappa shape index (κ1) is 9.59. The molecule has 2 heteroatoms. The van der Waals surface area contributed by atoms with Gasteiger partial charge in [0.15, 0.2) is 0 Å². The quantitative estimate of drug-likeness (QED) is 0.633. The van der Waals surface area contributed by atoms with Crippen molar-refractivity contribution in [2.45, 2.75) is 39.7 Å². The summed E-state index contributed by atoms with van der Waals surface area (Å²) < 4.78 is 0. The van der Waals surface area contributed by atoms with Crippen molar-refractivity contribution in [2.24, 2.45) is 11.8 Å². The summed E-state index contributed by atoms with van der Waals surface area (Å²) in [7, 11) is 0. The third-order valence-corrected chi connectivity index (χ3v) is 2.48. The van der Waals surface area contributed by atoms with E-state index in [0.717, 1.165) is 18.4 Å². The summed E-state index contributed by atoms with van der Waals surface area (Å²) in [5.41, 5.74) is 0.841. The van der Waals surface area contributed by atoms with Gasteiger partial charge in [0.1, 0.15) is 0 Å². The summed E-state index contributed by atoms with van der Waals surface area (Å²) in [4.78, 5) is 0. The smallest absolute Gasteiger partial charge is 0.0945 e. The van der Waals surface area contributed by atoms with E-state index < -0.39 is 6.10 Å². The molecule has 1 aliphatic carbocycles. The maximum atomic E-state index is 9.66. The second-order valence-electron chi connectivity index (χ2n) is 4.12. The van der Waals surface area contributed by atoms with Crippen molar-refractivity contribution in [1.82, 2.24) is 0 Å². The molecule has 0 aromatic heterocycles. The number of aliphatic hydroxyl groups is 2. The van der Waals surface area contributed by atoms with E-state index in [2.05, 4.69) is 6.92 Å². The molecule has 0 aliphatic heterocycles. The number of rotatable bonds is 1. The summed E-state index contributed by atoms with van der Waals surface area (Å²) in [5.74, 6) is 1.08. The summed E-state index contributed by atoms with van der Waals surface area (Å²) in [6, 6.07) is 0. The van der Waals surface area contributed by atoms with Gasteiger partial charge in [-0.25, -0.2) is 0 Å². The van der Waals surface area contributed by atoms with Gasteiger partial charge in [-0.3, -0.25) is 0 Å². The van der Waals surface area contributed by atoms with Crippen molar-refractivity contribution in [3.63, 3.8) is 0 Å². The Balaban J connectivity index is 2.85. The fraction of sp³-hybridized carbons (Fsp3) is 0.800. The van der Waals surface area contributed by atoms with Crippen LogP contribution < -0.4 is 0 Å². The third kappa shape index (κ3) is 1.81. The largest absolute Gasteiger partial charge is 0.512 e. The van der Waals surface area contributed by atoms with Gasteiger partial charge >= 0.3 is 0 Å². The van der Waals surface area contributed by atoms with E-state index in [9.17, 15) is 10.2 Å². The van der Waals surface area contributed by atoms with Crippen LogP contribution >= 0.6 is 0 Å². The van der Waals surface area contributed by atoms with Crippen LogP contribution in [0.15, 0.2) is 11.3 Å². The Hall–Kier alpha value is -0.500. The molecule has 2 unspecified atom stereocenters. The zero-order valence-electron chi connectivity index (χ0n) is 8.04. The van der Waals surface area contributed by atoms with Gasteiger partial charge in [0.2, 0.25) is 0 Å². The molecule has 0 amide bonds. The highest BCUT2D eigenvalue weighted by molar-refractivity contribution is 5.18. The van der Waals surface area contributed by atoms with Crippen molar-refractivity contribution >= 4 is 0 Å². The Kier molecular flexibility index (Phi) is 2.78. The van der Waals surface area contributed by atoms with E-state index in [1.165, 1.54) is 0 Å². The molecule has 0 fully saturated rings. The minimum absolute atomic E-state index is 0.257. The normalized spacial score (nSPS) is 31.4. The molecule has 2 N–H and O–H groups in total. The molecule has 0 aromatic rings. The van der Waals surface area contributed by atoms with E-state index in [0.29, 0.717) is 11.7 Å². The molecule has 0 saturated carbocycles. The number of allylic oxidation sites excluding steroid dienone is 1. The fourth-order valence-electron chi connectivity index (χ4n) is 1.95. The van der Waals surface area contributed by atoms with Crippen LogP contribution in [0.5, 0.6) is 0 Å². The maximum Gasteiger partial charge on any atom is 0.0945 e. The average molecular weight is 170 g/mol. The first-order valence-corrected chi connectivity index (χ1v) is 4.62. The second-order valence-corrected chi connectivity index (χ2v) is 4.12. The summed E-state index contributed by atoms with van der Waals surface area (Å²) in [6.07, 6.45) is 1.09. The van der Waals surface area contributed by atoms with E-state index >= 15 is 0 Å². The molecule has 0 saturated heterocycles. The fourth-order valence-corrected chi connectivity index (χ4v) is 1.95. The molecule has 1 aliphatic rings. The lowest BCUT2D eigenvalue weighted by molar-refractivity contribution is 0.139. The Morgan fingerprint density at radius 3 is 2.42 bits per heavy atom. The van der Waals surface area contributed by atoms with E-state index in [1.54, 1.807) is 0 Å². The Morgan fingerprint density at radius 1 is 1.42 bits per heavy atom. The predicted molar refractivity (Wildman–Crippen MR) is 48.9 cm³/mol. The van der Waals surface area contributed by atoms with Crippen LogP contribution in [0.3, 0.4) is 0 Å². The third-order valence-electron chi connectivity index (χ3n) is 2.48. The predicted octanol–water partition coefficient (Wildman–Crippen LogP) is 2.25. The molecule has 2 atom stereocenters. The minimum atomic E-state index is -0.422. The van der Waals surface area contributed by atoms with Crippen LogP contribution in [-0.4, -0.2) is 16.3 Å². The van der Waals surface area contributed by atoms with Gasteiger partial charge in [-0.05, 0) is 23.8 Å². The lowest BCUT2D eigenvalue weighted by Gasteiger charge is -2.28. The monoisotopic (exact) mass is 170 g/mol. The number of hydrogen-bond donors (Lipinski definition) is 2. The number of aliphatic hydroxyl groups excluding tert-OH is 2. The molecule has 0 heterocycles. The van der Waals surface area contributed by atoms with Crippen LogP contribution in [0.4, 0.5) is 0 Å². The van der Waals surface area contributed by atoms with Crippen LogP contribution in [0.1, 0.15) is 33.6 Å². The van der Waals surface area contributed by atoms with Crippen molar-refractivity contribution in [3.05, 3.63) is 11.3 Å². The Morgan fingerprint density at radius 2 is 2.00 bits per heavy atom. The van der Waals surface area contributed by atoms with Gasteiger partial charge in [0.25, 0.3) is 0 Å². The zero-order chi connectivity index (χ0) is 9.30. The highest BCUT2D eigenvalue weighted by Gasteiger charge is 2.26. The van der Waals surface area contributed by atoms with Gasteiger partial charge in [0, 0.05) is 6.42 Å². The van der Waals surface area contributed by atoms with Crippen molar-refractivity contribution in [2.75, 3.05) is 0 Å². The summed E-state index contributed by atoms with van der Waals surface area (Å²) in [6.45, 7) is 6.06. The molecule has 70 valence electrons. The highest BCUT2D eigenvalue weighted by atomic mass is 16.3. The Bertz CT molecular complexity index is 194.